The van der Waals surface area contributed by atoms with Crippen LogP contribution < -0.4 is 0 Å². The van der Waals surface area contributed by atoms with E-state index in [-0.39, 0.29) is 22.2 Å². The molecule has 86 valence electrons. The van der Waals surface area contributed by atoms with Crippen LogP contribution in [0.2, 0.25) is 0 Å². The van der Waals surface area contributed by atoms with Gasteiger partial charge in [-0.1, -0.05) is 12.1 Å². The van der Waals surface area contributed by atoms with Crippen LogP contribution in [0.15, 0.2) is 24.3 Å². The minimum absolute atomic E-state index is 0.0133. The van der Waals surface area contributed by atoms with Gasteiger partial charge in [-0.05, 0) is 35.1 Å². The summed E-state index contributed by atoms with van der Waals surface area (Å²) in [6.07, 6.45) is 0.130. The van der Waals surface area contributed by atoms with Crippen LogP contribution in [0, 0.1) is 10.1 Å². The monoisotopic (exact) mass is 335 g/mol. The summed E-state index contributed by atoms with van der Waals surface area (Å²) < 4.78 is 4.77. The van der Waals surface area contributed by atoms with E-state index in [9.17, 15) is 14.9 Å². The molecule has 1 aromatic rings. The Morgan fingerprint density at radius 1 is 1.50 bits per heavy atom. The molecule has 1 atom stereocenters. The number of esters is 1. The van der Waals surface area contributed by atoms with Gasteiger partial charge in [-0.2, -0.15) is 0 Å². The molecule has 0 fully saturated rings. The number of rotatable bonds is 4. The highest BCUT2D eigenvalue weighted by Gasteiger charge is 2.09. The van der Waals surface area contributed by atoms with Crippen LogP contribution in [0.3, 0.4) is 0 Å². The number of nitrogens with zero attached hydrogens (tertiary/aromatic N) is 1. The lowest BCUT2D eigenvalue weighted by Crippen LogP contribution is -2.11. The summed E-state index contributed by atoms with van der Waals surface area (Å²) in [7, 11) is 0. The van der Waals surface area contributed by atoms with Gasteiger partial charge >= 0.3 is 5.97 Å². The van der Waals surface area contributed by atoms with Gasteiger partial charge in [0.05, 0.1) is 11.3 Å². The van der Waals surface area contributed by atoms with Crippen LogP contribution in [0.25, 0.3) is 0 Å². The molecule has 0 saturated carbocycles. The van der Waals surface area contributed by atoms with Crippen LogP contribution in [-0.2, 0) is 16.0 Å². The molecule has 1 rings (SSSR count). The number of hydrogen-bond acceptors (Lipinski definition) is 4. The lowest BCUT2D eigenvalue weighted by atomic mass is 10.1. The van der Waals surface area contributed by atoms with Gasteiger partial charge in [-0.3, -0.25) is 14.9 Å². The third-order valence-corrected chi connectivity index (χ3v) is 2.04. The summed E-state index contributed by atoms with van der Waals surface area (Å²) in [5, 5.41) is 10.4. The summed E-state index contributed by atoms with van der Waals surface area (Å²) >= 11 is 1.98. The third kappa shape index (κ3) is 4.13. The highest BCUT2D eigenvalue weighted by atomic mass is 127. The van der Waals surface area contributed by atoms with Gasteiger partial charge in [0.15, 0.2) is 0 Å². The van der Waals surface area contributed by atoms with E-state index in [4.69, 9.17) is 4.74 Å². The number of alkyl halides is 1. The second-order valence-electron chi connectivity index (χ2n) is 3.13. The average Bonchev–Trinajstić information content (AvgIpc) is 2.16. The van der Waals surface area contributed by atoms with Gasteiger partial charge in [-0.15, -0.1) is 0 Å². The molecule has 0 N–H and O–H groups in total. The molecule has 0 amide bonds. The molecule has 5 nitrogen and oxygen atoms in total. The van der Waals surface area contributed by atoms with Crippen LogP contribution in [-0.4, -0.2) is 15.0 Å². The lowest BCUT2D eigenvalue weighted by Gasteiger charge is -2.06. The summed E-state index contributed by atoms with van der Waals surface area (Å²) in [5.41, 5.74) is 0.715. The lowest BCUT2D eigenvalue weighted by molar-refractivity contribution is -0.384. The van der Waals surface area contributed by atoms with Crippen molar-refractivity contribution in [3.8, 4) is 0 Å². The van der Waals surface area contributed by atoms with Crippen molar-refractivity contribution in [2.24, 2.45) is 0 Å². The zero-order valence-electron chi connectivity index (χ0n) is 8.55. The Morgan fingerprint density at radius 2 is 2.06 bits per heavy atom. The number of carbonyl (C=O) groups is 1. The second-order valence-corrected chi connectivity index (χ2v) is 4.89. The Hall–Kier alpha value is -1.18. The Morgan fingerprint density at radius 3 is 2.50 bits per heavy atom. The molecule has 0 bridgehead atoms. The van der Waals surface area contributed by atoms with Gasteiger partial charge < -0.3 is 4.74 Å². The molecule has 1 unspecified atom stereocenters. The number of benzene rings is 1. The zero-order chi connectivity index (χ0) is 12.1. The number of non-ortho nitro benzene ring substituents is 1. The molecule has 0 aliphatic rings. The minimum Gasteiger partial charge on any atom is -0.452 e. The Kier molecular flexibility index (Phi) is 4.66. The normalized spacial score (nSPS) is 11.9. The number of hydrogen-bond donors (Lipinski definition) is 0. The predicted molar refractivity (Wildman–Crippen MR) is 66.4 cm³/mol. The van der Waals surface area contributed by atoms with Crippen molar-refractivity contribution in [2.75, 3.05) is 0 Å². The van der Waals surface area contributed by atoms with Crippen molar-refractivity contribution in [2.45, 2.75) is 17.5 Å². The van der Waals surface area contributed by atoms with E-state index >= 15 is 0 Å². The second kappa shape index (κ2) is 5.78. The zero-order valence-corrected chi connectivity index (χ0v) is 10.7. The quantitative estimate of drug-likeness (QED) is 0.279. The van der Waals surface area contributed by atoms with E-state index in [1.165, 1.54) is 12.1 Å². The smallest absolute Gasteiger partial charge is 0.311 e. The molecule has 6 heteroatoms. The van der Waals surface area contributed by atoms with Gasteiger partial charge in [0.1, 0.15) is 4.11 Å². The molecular formula is C10H10INO4. The molecule has 0 aromatic heterocycles. The fraction of sp³-hybridized carbons (Fsp3) is 0.300. The number of halogens is 1. The largest absolute Gasteiger partial charge is 0.452 e. The number of nitro groups is 1. The molecule has 0 aliphatic carbocycles. The van der Waals surface area contributed by atoms with Crippen LogP contribution in [0.4, 0.5) is 5.69 Å². The molecule has 0 radical (unpaired) electrons. The van der Waals surface area contributed by atoms with Crippen molar-refractivity contribution in [1.82, 2.24) is 0 Å². The number of carbonyl (C=O) groups excluding carboxylic acids is 1. The first-order chi connectivity index (χ1) is 7.49. The highest BCUT2D eigenvalue weighted by molar-refractivity contribution is 14.1. The van der Waals surface area contributed by atoms with Gasteiger partial charge in [0.2, 0.25) is 0 Å². The third-order valence-electron chi connectivity index (χ3n) is 1.79. The molecule has 16 heavy (non-hydrogen) atoms. The highest BCUT2D eigenvalue weighted by Crippen LogP contribution is 2.13. The topological polar surface area (TPSA) is 69.4 Å². The fourth-order valence-corrected chi connectivity index (χ4v) is 1.41. The molecule has 0 saturated heterocycles. The van der Waals surface area contributed by atoms with Gasteiger partial charge in [0.25, 0.3) is 5.69 Å². The summed E-state index contributed by atoms with van der Waals surface area (Å²) in [6, 6.07) is 5.85. The Labute approximate surface area is 106 Å². The molecular weight excluding hydrogens is 325 g/mol. The Bertz CT molecular complexity index is 388. The number of ether oxygens (including phenoxy) is 1. The SMILES string of the molecule is CC(I)OC(=O)Cc1ccc([N+](=O)[O-])cc1. The van der Waals surface area contributed by atoms with Crippen molar-refractivity contribution in [3.63, 3.8) is 0 Å². The first kappa shape index (κ1) is 12.9. The number of nitro benzene ring substituents is 1. The van der Waals surface area contributed by atoms with Crippen LogP contribution >= 0.6 is 22.6 Å². The average molecular weight is 335 g/mol. The van der Waals surface area contributed by atoms with E-state index < -0.39 is 4.92 Å². The van der Waals surface area contributed by atoms with Crippen molar-refractivity contribution < 1.29 is 14.5 Å². The molecule has 1 aromatic carbocycles. The summed E-state index contributed by atoms with van der Waals surface area (Å²) in [4.78, 5) is 21.2. The Balaban J connectivity index is 2.62. The first-order valence-electron chi connectivity index (χ1n) is 4.56. The first-order valence-corrected chi connectivity index (χ1v) is 5.80. The van der Waals surface area contributed by atoms with Gasteiger partial charge in [-0.25, -0.2) is 0 Å². The van der Waals surface area contributed by atoms with E-state index in [1.54, 1.807) is 19.1 Å². The van der Waals surface area contributed by atoms with Crippen molar-refractivity contribution in [1.29, 1.82) is 0 Å². The summed E-state index contributed by atoms with van der Waals surface area (Å²) in [5.74, 6) is -0.337. The maximum atomic E-state index is 11.3. The van der Waals surface area contributed by atoms with Gasteiger partial charge in [0, 0.05) is 12.1 Å². The molecule has 0 heterocycles. The van der Waals surface area contributed by atoms with Crippen molar-refractivity contribution >= 4 is 34.2 Å². The van der Waals surface area contributed by atoms with E-state index in [0.29, 0.717) is 5.56 Å². The van der Waals surface area contributed by atoms with Crippen LogP contribution in [0.1, 0.15) is 12.5 Å². The maximum Gasteiger partial charge on any atom is 0.311 e. The van der Waals surface area contributed by atoms with Crippen molar-refractivity contribution in [3.05, 3.63) is 39.9 Å². The predicted octanol–water partition coefficient (Wildman–Crippen LogP) is 2.46. The molecule has 0 spiro atoms. The molecule has 0 aliphatic heterocycles. The van der Waals surface area contributed by atoms with Crippen LogP contribution in [0.5, 0.6) is 0 Å². The summed E-state index contributed by atoms with van der Waals surface area (Å²) in [6.45, 7) is 1.76. The van der Waals surface area contributed by atoms with E-state index in [0.717, 1.165) is 0 Å². The minimum atomic E-state index is -0.477. The standard InChI is InChI=1S/C10H10INO4/c1-7(11)16-10(13)6-8-2-4-9(5-3-8)12(14)15/h2-5,7H,6H2,1H3. The van der Waals surface area contributed by atoms with E-state index in [2.05, 4.69) is 0 Å². The fourth-order valence-electron chi connectivity index (χ4n) is 1.12. The maximum absolute atomic E-state index is 11.3. The van der Waals surface area contributed by atoms with E-state index in [1.807, 2.05) is 22.6 Å².